The number of benzene rings is 1. The predicted octanol–water partition coefficient (Wildman–Crippen LogP) is 3.42. The van der Waals surface area contributed by atoms with Gasteiger partial charge in [-0.2, -0.15) is 0 Å². The van der Waals surface area contributed by atoms with E-state index in [2.05, 4.69) is 21.1 Å². The molecule has 0 radical (unpaired) electrons. The summed E-state index contributed by atoms with van der Waals surface area (Å²) in [5.41, 5.74) is -0.833. The van der Waals surface area contributed by atoms with Gasteiger partial charge in [-0.15, -0.1) is 0 Å². The lowest BCUT2D eigenvalue weighted by molar-refractivity contribution is -0.145. The zero-order valence-electron chi connectivity index (χ0n) is 28.6. The summed E-state index contributed by atoms with van der Waals surface area (Å²) >= 11 is 6.03. The van der Waals surface area contributed by atoms with Gasteiger partial charge >= 0.3 is 0 Å². The summed E-state index contributed by atoms with van der Waals surface area (Å²) in [6, 6.07) is 1.000. The highest BCUT2D eigenvalue weighted by Crippen LogP contribution is 2.40. The number of oxime groups is 1. The molecule has 3 N–H and O–H groups in total. The SMILES string of the molecule is CCC[C@H](NC(=O)[C@@H]1C[C@]2(CC(c3ccc(F)c(Cl)c3)=NO2)CN1C(=O)[C@@H](NC(=O)CC1CCOCC1)C(C)(C)C)C(=O)C(=O)NC1CC1. The molecule has 1 aromatic rings. The number of nitrogens with zero attached hydrogens (tertiary/aromatic N) is 2. The molecule has 268 valence electrons. The van der Waals surface area contributed by atoms with Crippen LogP contribution in [0.4, 0.5) is 4.39 Å². The smallest absolute Gasteiger partial charge is 0.289 e. The van der Waals surface area contributed by atoms with Gasteiger partial charge in [-0.1, -0.05) is 56.9 Å². The Morgan fingerprint density at radius 2 is 1.82 bits per heavy atom. The summed E-state index contributed by atoms with van der Waals surface area (Å²) in [4.78, 5) is 75.1. The Labute approximate surface area is 291 Å². The van der Waals surface area contributed by atoms with Gasteiger partial charge in [0.15, 0.2) is 5.60 Å². The summed E-state index contributed by atoms with van der Waals surface area (Å²) in [5, 5.41) is 12.6. The zero-order chi connectivity index (χ0) is 35.5. The van der Waals surface area contributed by atoms with Crippen LogP contribution in [0.1, 0.15) is 91.0 Å². The predicted molar refractivity (Wildman–Crippen MR) is 179 cm³/mol. The Bertz CT molecular complexity index is 1490. The second-order valence-corrected chi connectivity index (χ2v) is 15.3. The van der Waals surface area contributed by atoms with Crippen LogP contribution in [0.5, 0.6) is 0 Å². The molecule has 2 saturated heterocycles. The zero-order valence-corrected chi connectivity index (χ0v) is 29.4. The molecule has 12 nitrogen and oxygen atoms in total. The molecule has 0 unspecified atom stereocenters. The van der Waals surface area contributed by atoms with Crippen LogP contribution in [-0.4, -0.2) is 89.6 Å². The summed E-state index contributed by atoms with van der Waals surface area (Å²) in [7, 11) is 0. The lowest BCUT2D eigenvalue weighted by Gasteiger charge is -2.36. The van der Waals surface area contributed by atoms with Crippen molar-refractivity contribution < 1.29 is 37.9 Å². The maximum atomic E-state index is 14.5. The van der Waals surface area contributed by atoms with Crippen LogP contribution in [0, 0.1) is 17.2 Å². The topological polar surface area (TPSA) is 156 Å². The van der Waals surface area contributed by atoms with E-state index < -0.39 is 58.5 Å². The van der Waals surface area contributed by atoms with Gasteiger partial charge in [-0.25, -0.2) is 4.39 Å². The first-order valence-electron chi connectivity index (χ1n) is 17.2. The second-order valence-electron chi connectivity index (χ2n) is 14.9. The molecule has 1 spiro atoms. The first-order valence-corrected chi connectivity index (χ1v) is 17.6. The largest absolute Gasteiger partial charge is 0.387 e. The Morgan fingerprint density at radius 3 is 2.45 bits per heavy atom. The number of ketones is 1. The fourth-order valence-electron chi connectivity index (χ4n) is 6.67. The van der Waals surface area contributed by atoms with Crippen LogP contribution >= 0.6 is 11.6 Å². The molecule has 3 aliphatic heterocycles. The minimum Gasteiger partial charge on any atom is -0.387 e. The van der Waals surface area contributed by atoms with E-state index in [1.807, 2.05) is 27.7 Å². The number of rotatable bonds is 12. The van der Waals surface area contributed by atoms with Crippen LogP contribution in [0.25, 0.3) is 0 Å². The first kappa shape index (κ1) is 36.7. The molecular weight excluding hydrogens is 657 g/mol. The van der Waals surface area contributed by atoms with Crippen molar-refractivity contribution in [1.82, 2.24) is 20.9 Å². The van der Waals surface area contributed by atoms with Gasteiger partial charge in [0.2, 0.25) is 23.5 Å². The van der Waals surface area contributed by atoms with E-state index in [1.54, 1.807) is 0 Å². The van der Waals surface area contributed by atoms with Gasteiger partial charge in [0.05, 0.1) is 23.3 Å². The monoisotopic (exact) mass is 703 g/mol. The third-order valence-electron chi connectivity index (χ3n) is 9.66. The second kappa shape index (κ2) is 15.1. The van der Waals surface area contributed by atoms with Crippen molar-refractivity contribution in [2.45, 2.75) is 115 Å². The fourth-order valence-corrected chi connectivity index (χ4v) is 6.86. The van der Waals surface area contributed by atoms with Crippen molar-refractivity contribution in [2.24, 2.45) is 16.5 Å². The van der Waals surface area contributed by atoms with E-state index in [0.29, 0.717) is 30.9 Å². The lowest BCUT2D eigenvalue weighted by atomic mass is 9.85. The Hall–Kier alpha value is -3.58. The lowest BCUT2D eigenvalue weighted by Crippen LogP contribution is -2.59. The molecular formula is C35H47ClFN5O7. The number of nitrogens with one attached hydrogen (secondary N) is 3. The number of carbonyl (C=O) groups excluding carboxylic acids is 5. The minimum absolute atomic E-state index is 0.0285. The maximum Gasteiger partial charge on any atom is 0.289 e. The number of amides is 4. The van der Waals surface area contributed by atoms with E-state index in [4.69, 9.17) is 21.2 Å². The molecule has 5 rings (SSSR count). The molecule has 1 aliphatic carbocycles. The average Bonchev–Trinajstić information content (AvgIpc) is 3.65. The van der Waals surface area contributed by atoms with Gasteiger partial charge < -0.3 is 30.4 Å². The molecule has 0 bridgehead atoms. The van der Waals surface area contributed by atoms with Crippen molar-refractivity contribution in [3.63, 3.8) is 0 Å². The highest BCUT2D eigenvalue weighted by atomic mass is 35.5. The number of halogens is 2. The molecule has 3 heterocycles. The molecule has 4 atom stereocenters. The summed E-state index contributed by atoms with van der Waals surface area (Å²) in [6.07, 6.45) is 4.36. The molecule has 4 amide bonds. The van der Waals surface area contributed by atoms with Crippen molar-refractivity contribution in [3.05, 3.63) is 34.6 Å². The van der Waals surface area contributed by atoms with E-state index in [9.17, 15) is 28.4 Å². The highest BCUT2D eigenvalue weighted by Gasteiger charge is 2.55. The average molecular weight is 704 g/mol. The Kier molecular flexibility index (Phi) is 11.3. The van der Waals surface area contributed by atoms with E-state index in [1.165, 1.54) is 23.1 Å². The molecule has 1 aromatic carbocycles. The highest BCUT2D eigenvalue weighted by molar-refractivity contribution is 6.38. The molecule has 3 fully saturated rings. The Balaban J connectivity index is 1.39. The van der Waals surface area contributed by atoms with E-state index >= 15 is 0 Å². The van der Waals surface area contributed by atoms with Crippen LogP contribution in [0.3, 0.4) is 0 Å². The normalized spacial score (nSPS) is 23.8. The molecule has 4 aliphatic rings. The number of likely N-dealkylation sites (tertiary alicyclic amines) is 1. The standard InChI is InChI=1S/C35H47ClFN5O7/c1-5-6-25(29(44)32(46)38-22-8-9-22)39-31(45)27-18-35(17-26(41-49-35)21-7-10-24(37)23(36)16-21)19-42(27)33(47)30(34(2,3)4)40-28(43)15-20-11-13-48-14-12-20/h7,10,16,20,22,25,27,30H,5-6,8-9,11-15,17-19H2,1-4H3,(H,38,46)(H,39,45)(H,40,43)/t25-,27-,30+,35+/m0/s1. The van der Waals surface area contributed by atoms with Crippen molar-refractivity contribution >= 4 is 46.7 Å². The number of hydrogen-bond donors (Lipinski definition) is 3. The van der Waals surface area contributed by atoms with Crippen LogP contribution in [0.15, 0.2) is 23.4 Å². The fraction of sp³-hybridized carbons (Fsp3) is 0.657. The van der Waals surface area contributed by atoms with E-state index in [0.717, 1.165) is 25.7 Å². The van der Waals surface area contributed by atoms with E-state index in [-0.39, 0.29) is 55.1 Å². The quantitative estimate of drug-likeness (QED) is 0.282. The third-order valence-corrected chi connectivity index (χ3v) is 9.95. The number of hydrogen-bond acceptors (Lipinski definition) is 8. The van der Waals surface area contributed by atoms with Crippen molar-refractivity contribution in [3.8, 4) is 0 Å². The van der Waals surface area contributed by atoms with Crippen LogP contribution < -0.4 is 16.0 Å². The molecule has 0 aromatic heterocycles. The third kappa shape index (κ3) is 8.97. The number of carbonyl (C=O) groups is 5. The number of Topliss-reactive ketones (excluding diaryl/α,β-unsaturated/α-hetero) is 1. The maximum absolute atomic E-state index is 14.5. The van der Waals surface area contributed by atoms with Crippen molar-refractivity contribution in [2.75, 3.05) is 19.8 Å². The first-order chi connectivity index (χ1) is 23.2. The van der Waals surface area contributed by atoms with Crippen molar-refractivity contribution in [1.29, 1.82) is 0 Å². The molecule has 49 heavy (non-hydrogen) atoms. The van der Waals surface area contributed by atoms with Gasteiger partial charge in [-0.3, -0.25) is 24.0 Å². The van der Waals surface area contributed by atoms with Gasteiger partial charge in [-0.05, 0) is 55.6 Å². The summed E-state index contributed by atoms with van der Waals surface area (Å²) in [6.45, 7) is 8.49. The molecule has 14 heteroatoms. The van der Waals surface area contributed by atoms with Gasteiger partial charge in [0.25, 0.3) is 5.91 Å². The summed E-state index contributed by atoms with van der Waals surface area (Å²) in [5.74, 6) is -3.27. The van der Waals surface area contributed by atoms with Gasteiger partial charge in [0, 0.05) is 44.1 Å². The Morgan fingerprint density at radius 1 is 1.10 bits per heavy atom. The van der Waals surface area contributed by atoms with Crippen LogP contribution in [-0.2, 0) is 33.5 Å². The number of ether oxygens (including phenoxy) is 1. The van der Waals surface area contributed by atoms with Crippen LogP contribution in [0.2, 0.25) is 5.02 Å². The summed E-state index contributed by atoms with van der Waals surface area (Å²) < 4.78 is 19.3. The van der Waals surface area contributed by atoms with Gasteiger partial charge in [0.1, 0.15) is 17.9 Å². The minimum atomic E-state index is -1.12. The molecule has 1 saturated carbocycles.